The van der Waals surface area contributed by atoms with Crippen molar-refractivity contribution >= 4 is 17.1 Å². The van der Waals surface area contributed by atoms with Crippen molar-refractivity contribution in [2.45, 2.75) is 57.5 Å². The van der Waals surface area contributed by atoms with Crippen molar-refractivity contribution in [1.29, 1.82) is 0 Å². The summed E-state index contributed by atoms with van der Waals surface area (Å²) in [5, 5.41) is 3.14. The number of benzene rings is 1. The molecule has 2 heterocycles. The number of urea groups is 1. The van der Waals surface area contributed by atoms with Crippen molar-refractivity contribution in [3.63, 3.8) is 0 Å². The molecule has 1 aliphatic heterocycles. The van der Waals surface area contributed by atoms with Crippen LogP contribution in [-0.2, 0) is 0 Å². The van der Waals surface area contributed by atoms with Gasteiger partial charge < -0.3 is 15.2 Å². The third-order valence-corrected chi connectivity index (χ3v) is 5.82. The number of aromatic nitrogens is 2. The molecule has 0 bridgehead atoms. The summed E-state index contributed by atoms with van der Waals surface area (Å²) in [6.45, 7) is 3.48. The summed E-state index contributed by atoms with van der Waals surface area (Å²) < 4.78 is 1.86. The van der Waals surface area contributed by atoms with Gasteiger partial charge in [0.1, 0.15) is 0 Å². The molecule has 1 aliphatic carbocycles. The second kappa shape index (κ2) is 7.17. The molecule has 6 nitrogen and oxygen atoms in total. The number of nitrogens with one attached hydrogen (secondary N) is 2. The number of H-pyrrole nitrogens is 1. The molecule has 1 aromatic carbocycles. The van der Waals surface area contributed by atoms with Crippen LogP contribution >= 0.6 is 0 Å². The van der Waals surface area contributed by atoms with Crippen LogP contribution in [0, 0.1) is 5.92 Å². The van der Waals surface area contributed by atoms with Crippen LogP contribution in [0.1, 0.15) is 51.5 Å². The lowest BCUT2D eigenvalue weighted by atomic mass is 10.0. The minimum atomic E-state index is -0.0530. The molecule has 2 aromatic rings. The zero-order valence-corrected chi connectivity index (χ0v) is 15.4. The van der Waals surface area contributed by atoms with Crippen LogP contribution in [0.5, 0.6) is 0 Å². The van der Waals surface area contributed by atoms with Crippen LogP contribution in [0.3, 0.4) is 0 Å². The molecule has 2 aliphatic rings. The Kier molecular flexibility index (Phi) is 4.74. The molecule has 2 fully saturated rings. The van der Waals surface area contributed by atoms with Crippen molar-refractivity contribution in [2.75, 3.05) is 13.1 Å². The van der Waals surface area contributed by atoms with E-state index in [1.807, 2.05) is 33.7 Å². The summed E-state index contributed by atoms with van der Waals surface area (Å²) in [5.41, 5.74) is 1.78. The first-order valence-corrected chi connectivity index (χ1v) is 9.86. The molecule has 0 radical (unpaired) electrons. The number of para-hydroxylation sites is 2. The van der Waals surface area contributed by atoms with Crippen LogP contribution in [0.15, 0.2) is 29.1 Å². The molecular formula is C20H28N4O2. The molecule has 2 N–H and O–H groups in total. The van der Waals surface area contributed by atoms with Crippen molar-refractivity contribution in [2.24, 2.45) is 5.92 Å². The number of aromatic amines is 1. The molecule has 1 saturated carbocycles. The second-order valence-corrected chi connectivity index (χ2v) is 7.91. The van der Waals surface area contributed by atoms with Gasteiger partial charge in [0.05, 0.1) is 11.0 Å². The van der Waals surface area contributed by atoms with Crippen molar-refractivity contribution in [3.8, 4) is 0 Å². The molecule has 6 heteroatoms. The lowest BCUT2D eigenvalue weighted by Crippen LogP contribution is -2.47. The largest absolute Gasteiger partial charge is 0.336 e. The molecule has 0 spiro atoms. The number of amides is 2. The van der Waals surface area contributed by atoms with Gasteiger partial charge in [-0.05, 0) is 50.7 Å². The Morgan fingerprint density at radius 2 is 1.96 bits per heavy atom. The van der Waals surface area contributed by atoms with E-state index in [1.54, 1.807) is 0 Å². The molecule has 1 atom stereocenters. The molecule has 2 amide bonds. The van der Waals surface area contributed by atoms with Crippen molar-refractivity contribution < 1.29 is 4.79 Å². The van der Waals surface area contributed by atoms with Crippen LogP contribution in [0.2, 0.25) is 0 Å². The van der Waals surface area contributed by atoms with E-state index >= 15 is 0 Å². The topological polar surface area (TPSA) is 70.1 Å². The number of hydrogen-bond donors (Lipinski definition) is 2. The van der Waals surface area contributed by atoms with Gasteiger partial charge in [-0.25, -0.2) is 9.59 Å². The van der Waals surface area contributed by atoms with Gasteiger partial charge in [-0.2, -0.15) is 0 Å². The highest BCUT2D eigenvalue weighted by Gasteiger charge is 2.27. The van der Waals surface area contributed by atoms with Crippen LogP contribution in [-0.4, -0.2) is 39.6 Å². The molecule has 26 heavy (non-hydrogen) atoms. The SMILES string of the molecule is CC(CCC1CC1)NC(=O)N1CCC(n2c(=O)[nH]c3ccccc32)CC1. The number of piperidine rings is 1. The minimum absolute atomic E-state index is 0.0398. The van der Waals surface area contributed by atoms with Gasteiger partial charge in [-0.3, -0.25) is 4.57 Å². The number of carbonyl (C=O) groups excluding carboxylic acids is 1. The van der Waals surface area contributed by atoms with Gasteiger partial charge in [0.25, 0.3) is 0 Å². The Balaban J connectivity index is 1.33. The number of fused-ring (bicyclic) bond motifs is 1. The highest BCUT2D eigenvalue weighted by Crippen LogP contribution is 2.33. The lowest BCUT2D eigenvalue weighted by molar-refractivity contribution is 0.168. The first-order valence-electron chi connectivity index (χ1n) is 9.86. The van der Waals surface area contributed by atoms with Crippen LogP contribution in [0.4, 0.5) is 4.79 Å². The highest BCUT2D eigenvalue weighted by atomic mass is 16.2. The first-order chi connectivity index (χ1) is 12.6. The van der Waals surface area contributed by atoms with E-state index in [0.29, 0.717) is 13.1 Å². The highest BCUT2D eigenvalue weighted by molar-refractivity contribution is 5.75. The Hall–Kier alpha value is -2.24. The third-order valence-electron chi connectivity index (χ3n) is 5.82. The predicted octanol–water partition coefficient (Wildman–Crippen LogP) is 3.25. The summed E-state index contributed by atoms with van der Waals surface area (Å²) in [5.74, 6) is 0.902. The maximum Gasteiger partial charge on any atom is 0.326 e. The fraction of sp³-hybridized carbons (Fsp3) is 0.600. The van der Waals surface area contributed by atoms with Gasteiger partial charge in [0, 0.05) is 25.2 Å². The zero-order valence-electron chi connectivity index (χ0n) is 15.4. The fourth-order valence-corrected chi connectivity index (χ4v) is 4.03. The van der Waals surface area contributed by atoms with Gasteiger partial charge in [0.2, 0.25) is 0 Å². The average Bonchev–Trinajstić information content (AvgIpc) is 3.41. The van der Waals surface area contributed by atoms with Gasteiger partial charge in [-0.15, -0.1) is 0 Å². The summed E-state index contributed by atoms with van der Waals surface area (Å²) in [7, 11) is 0. The van der Waals surface area contributed by atoms with Crippen LogP contribution < -0.4 is 11.0 Å². The molecule has 1 unspecified atom stereocenters. The Morgan fingerprint density at radius 3 is 2.69 bits per heavy atom. The Morgan fingerprint density at radius 1 is 1.23 bits per heavy atom. The quantitative estimate of drug-likeness (QED) is 0.863. The standard InChI is InChI=1S/C20H28N4O2/c1-14(6-7-15-8-9-15)21-19(25)23-12-10-16(11-13-23)24-18-5-3-2-4-17(18)22-20(24)26/h2-5,14-16H,6-13H2,1H3,(H,21,25)(H,22,26). The van der Waals surface area contributed by atoms with E-state index in [4.69, 9.17) is 0 Å². The molecule has 4 rings (SSSR count). The Bertz CT molecular complexity index is 828. The summed E-state index contributed by atoms with van der Waals surface area (Å²) in [4.78, 5) is 29.6. The number of rotatable bonds is 5. The molecule has 140 valence electrons. The number of carbonyl (C=O) groups is 1. The van der Waals surface area contributed by atoms with Gasteiger partial charge in [0.15, 0.2) is 0 Å². The van der Waals surface area contributed by atoms with E-state index < -0.39 is 0 Å². The van der Waals surface area contributed by atoms with Crippen molar-refractivity contribution in [1.82, 2.24) is 19.8 Å². The van der Waals surface area contributed by atoms with Crippen LogP contribution in [0.25, 0.3) is 11.0 Å². The van der Waals surface area contributed by atoms with Gasteiger partial charge >= 0.3 is 11.7 Å². The molecule has 1 saturated heterocycles. The smallest absolute Gasteiger partial charge is 0.326 e. The van der Waals surface area contributed by atoms with E-state index in [0.717, 1.165) is 36.2 Å². The minimum Gasteiger partial charge on any atom is -0.336 e. The predicted molar refractivity (Wildman–Crippen MR) is 102 cm³/mol. The van der Waals surface area contributed by atoms with E-state index in [-0.39, 0.29) is 23.8 Å². The number of hydrogen-bond acceptors (Lipinski definition) is 2. The third kappa shape index (κ3) is 3.64. The fourth-order valence-electron chi connectivity index (χ4n) is 4.03. The normalized spacial score (nSPS) is 19.7. The molecule has 1 aromatic heterocycles. The summed E-state index contributed by atoms with van der Waals surface area (Å²) >= 11 is 0. The maximum atomic E-state index is 12.5. The number of likely N-dealkylation sites (tertiary alicyclic amines) is 1. The lowest BCUT2D eigenvalue weighted by Gasteiger charge is -2.33. The monoisotopic (exact) mass is 356 g/mol. The maximum absolute atomic E-state index is 12.5. The zero-order chi connectivity index (χ0) is 18.1. The van der Waals surface area contributed by atoms with E-state index in [1.165, 1.54) is 19.3 Å². The number of nitrogens with zero attached hydrogens (tertiary/aromatic N) is 2. The average molecular weight is 356 g/mol. The summed E-state index contributed by atoms with van der Waals surface area (Å²) in [6, 6.07) is 8.22. The Labute approximate surface area is 153 Å². The van der Waals surface area contributed by atoms with Gasteiger partial charge in [-0.1, -0.05) is 25.0 Å². The molecular weight excluding hydrogens is 328 g/mol. The van der Waals surface area contributed by atoms with E-state index in [9.17, 15) is 9.59 Å². The number of imidazole rings is 1. The first kappa shape index (κ1) is 17.2. The van der Waals surface area contributed by atoms with E-state index in [2.05, 4.69) is 17.2 Å². The summed E-state index contributed by atoms with van der Waals surface area (Å²) in [6.07, 6.45) is 6.64. The van der Waals surface area contributed by atoms with Crippen molar-refractivity contribution in [3.05, 3.63) is 34.7 Å². The second-order valence-electron chi connectivity index (χ2n) is 7.91.